The van der Waals surface area contributed by atoms with Crippen molar-refractivity contribution in [1.29, 1.82) is 0 Å². The molecule has 0 saturated carbocycles. The van der Waals surface area contributed by atoms with Gasteiger partial charge >= 0.3 is 0 Å². The second-order valence-corrected chi connectivity index (χ2v) is 2.71. The molecular weight excluding hydrogens is 132 g/mol. The molecule has 0 saturated heterocycles. The fourth-order valence-electron chi connectivity index (χ4n) is 1.21. The zero-order chi connectivity index (χ0) is 8.27. The minimum absolute atomic E-state index is 1.32. The van der Waals surface area contributed by atoms with Gasteiger partial charge in [0.25, 0.3) is 0 Å². The normalized spacial score (nSPS) is 14.1. The van der Waals surface area contributed by atoms with Crippen LogP contribution in [0.1, 0.15) is 19.4 Å². The van der Waals surface area contributed by atoms with E-state index < -0.39 is 0 Å². The van der Waals surface area contributed by atoms with E-state index in [4.69, 9.17) is 0 Å². The lowest BCUT2D eigenvalue weighted by Crippen LogP contribution is -2.23. The van der Waals surface area contributed by atoms with Gasteiger partial charge in [-0.3, -0.25) is 0 Å². The smallest absolute Gasteiger partial charge is 0.0227 e. The highest BCUT2D eigenvalue weighted by molar-refractivity contribution is 5.31. The molecule has 1 aromatic carbocycles. The second-order valence-electron chi connectivity index (χ2n) is 2.71. The standard InChI is InChI=1S/C11H14/c1-4-10-7-6-9(3)8-11(10)5-2/h4-8H,1-3H3/b10-4-,11-5+. The van der Waals surface area contributed by atoms with Crippen LogP contribution in [0.2, 0.25) is 0 Å². The Balaban J connectivity index is 3.55. The molecule has 0 amide bonds. The number of benzene rings is 1. The predicted molar refractivity (Wildman–Crippen MR) is 50.7 cm³/mol. The fourth-order valence-corrected chi connectivity index (χ4v) is 1.21. The summed E-state index contributed by atoms with van der Waals surface area (Å²) in [5.41, 5.74) is 1.32. The summed E-state index contributed by atoms with van der Waals surface area (Å²) in [6.07, 6.45) is 4.27. The van der Waals surface area contributed by atoms with Crippen molar-refractivity contribution in [1.82, 2.24) is 0 Å². The zero-order valence-corrected chi connectivity index (χ0v) is 7.39. The highest BCUT2D eigenvalue weighted by Gasteiger charge is 1.83. The predicted octanol–water partition coefficient (Wildman–Crippen LogP) is 1.60. The van der Waals surface area contributed by atoms with Gasteiger partial charge in [-0.15, -0.1) is 0 Å². The summed E-state index contributed by atoms with van der Waals surface area (Å²) in [6, 6.07) is 6.50. The molecule has 0 radical (unpaired) electrons. The molecule has 0 atom stereocenters. The fraction of sp³-hybridized carbons (Fsp3) is 0.273. The van der Waals surface area contributed by atoms with Gasteiger partial charge in [0.1, 0.15) is 0 Å². The van der Waals surface area contributed by atoms with Gasteiger partial charge in [-0.05, 0) is 31.2 Å². The first-order valence-corrected chi connectivity index (χ1v) is 3.97. The Kier molecular flexibility index (Phi) is 2.48. The summed E-state index contributed by atoms with van der Waals surface area (Å²) in [6.45, 7) is 6.26. The minimum Gasteiger partial charge on any atom is -0.0798 e. The molecule has 11 heavy (non-hydrogen) atoms. The van der Waals surface area contributed by atoms with Crippen molar-refractivity contribution in [3.63, 3.8) is 0 Å². The van der Waals surface area contributed by atoms with E-state index in [1.807, 2.05) is 0 Å². The molecule has 58 valence electrons. The monoisotopic (exact) mass is 146 g/mol. The van der Waals surface area contributed by atoms with Crippen molar-refractivity contribution < 1.29 is 0 Å². The molecule has 0 aliphatic carbocycles. The Morgan fingerprint density at radius 2 is 1.64 bits per heavy atom. The van der Waals surface area contributed by atoms with Crippen molar-refractivity contribution in [2.75, 3.05) is 0 Å². The van der Waals surface area contributed by atoms with Gasteiger partial charge in [0.15, 0.2) is 0 Å². The summed E-state index contributed by atoms with van der Waals surface area (Å²) < 4.78 is 0. The molecule has 0 aliphatic rings. The second kappa shape index (κ2) is 3.38. The molecule has 0 fully saturated rings. The number of aryl methyl sites for hydroxylation is 1. The Hall–Kier alpha value is -1.04. The van der Waals surface area contributed by atoms with Gasteiger partial charge in [-0.1, -0.05) is 35.9 Å². The Labute approximate surface area is 67.9 Å². The first kappa shape index (κ1) is 8.06. The lowest BCUT2D eigenvalue weighted by Gasteiger charge is -1.91. The Morgan fingerprint density at radius 3 is 2.18 bits per heavy atom. The van der Waals surface area contributed by atoms with E-state index in [1.165, 1.54) is 16.0 Å². The molecule has 0 unspecified atom stereocenters. The van der Waals surface area contributed by atoms with E-state index in [-0.39, 0.29) is 0 Å². The van der Waals surface area contributed by atoms with E-state index in [1.54, 1.807) is 0 Å². The van der Waals surface area contributed by atoms with E-state index in [0.29, 0.717) is 0 Å². The van der Waals surface area contributed by atoms with E-state index in [2.05, 4.69) is 51.1 Å². The summed E-state index contributed by atoms with van der Waals surface area (Å²) in [5, 5.41) is 2.64. The highest BCUT2D eigenvalue weighted by atomic mass is 13.9. The number of hydrogen-bond acceptors (Lipinski definition) is 0. The van der Waals surface area contributed by atoms with Crippen LogP contribution in [-0.4, -0.2) is 0 Å². The van der Waals surface area contributed by atoms with Crippen LogP contribution in [0, 0.1) is 6.92 Å². The third-order valence-electron chi connectivity index (χ3n) is 1.86. The molecule has 0 nitrogen and oxygen atoms in total. The van der Waals surface area contributed by atoms with E-state index in [9.17, 15) is 0 Å². The third kappa shape index (κ3) is 1.70. The summed E-state index contributed by atoms with van der Waals surface area (Å²) >= 11 is 0. The van der Waals surface area contributed by atoms with Crippen molar-refractivity contribution in [2.45, 2.75) is 20.8 Å². The van der Waals surface area contributed by atoms with Gasteiger partial charge < -0.3 is 0 Å². The van der Waals surface area contributed by atoms with E-state index in [0.717, 1.165) is 0 Å². The van der Waals surface area contributed by atoms with Crippen molar-refractivity contribution >= 4 is 12.2 Å². The van der Waals surface area contributed by atoms with Gasteiger partial charge in [0.2, 0.25) is 0 Å². The zero-order valence-electron chi connectivity index (χ0n) is 7.39. The summed E-state index contributed by atoms with van der Waals surface area (Å²) in [7, 11) is 0. The molecule has 0 aliphatic heterocycles. The lowest BCUT2D eigenvalue weighted by atomic mass is 10.1. The molecule has 0 spiro atoms. The molecule has 1 rings (SSSR count). The largest absolute Gasteiger partial charge is 0.0798 e. The van der Waals surface area contributed by atoms with Gasteiger partial charge in [-0.2, -0.15) is 0 Å². The summed E-state index contributed by atoms with van der Waals surface area (Å²) in [5.74, 6) is 0. The van der Waals surface area contributed by atoms with Crippen molar-refractivity contribution in [2.24, 2.45) is 0 Å². The van der Waals surface area contributed by atoms with E-state index >= 15 is 0 Å². The maximum absolute atomic E-state index is 2.20. The molecule has 0 N–H and O–H groups in total. The maximum atomic E-state index is 2.20. The maximum Gasteiger partial charge on any atom is -0.0227 e. The lowest BCUT2D eigenvalue weighted by molar-refractivity contribution is 1.39. The third-order valence-corrected chi connectivity index (χ3v) is 1.86. The topological polar surface area (TPSA) is 0 Å². The quantitative estimate of drug-likeness (QED) is 0.521. The molecule has 0 heteroatoms. The van der Waals surface area contributed by atoms with Crippen LogP contribution < -0.4 is 10.4 Å². The molecule has 1 aromatic rings. The van der Waals surface area contributed by atoms with Crippen LogP contribution in [0.25, 0.3) is 12.2 Å². The Morgan fingerprint density at radius 1 is 1.00 bits per heavy atom. The minimum atomic E-state index is 1.32. The average Bonchev–Trinajstić information content (AvgIpc) is 2.04. The van der Waals surface area contributed by atoms with Crippen LogP contribution in [0.5, 0.6) is 0 Å². The van der Waals surface area contributed by atoms with Gasteiger partial charge in [-0.25, -0.2) is 0 Å². The molecule has 0 bridgehead atoms. The van der Waals surface area contributed by atoms with Crippen LogP contribution in [0.15, 0.2) is 18.2 Å². The molecule has 0 aromatic heterocycles. The van der Waals surface area contributed by atoms with Crippen molar-refractivity contribution in [3.8, 4) is 0 Å². The molecular formula is C11H14. The van der Waals surface area contributed by atoms with Crippen LogP contribution >= 0.6 is 0 Å². The van der Waals surface area contributed by atoms with Crippen LogP contribution in [0.3, 0.4) is 0 Å². The summed E-state index contributed by atoms with van der Waals surface area (Å²) in [4.78, 5) is 0. The van der Waals surface area contributed by atoms with Gasteiger partial charge in [0.05, 0.1) is 0 Å². The van der Waals surface area contributed by atoms with Crippen LogP contribution in [0.4, 0.5) is 0 Å². The molecule has 0 heterocycles. The highest BCUT2D eigenvalue weighted by Crippen LogP contribution is 1.85. The first-order valence-electron chi connectivity index (χ1n) is 3.97. The first-order chi connectivity index (χ1) is 5.27. The average molecular weight is 146 g/mol. The van der Waals surface area contributed by atoms with Gasteiger partial charge in [0, 0.05) is 0 Å². The number of rotatable bonds is 0. The number of hydrogen-bond donors (Lipinski definition) is 0. The van der Waals surface area contributed by atoms with Crippen LogP contribution in [-0.2, 0) is 0 Å². The SMILES string of the molecule is C/C=c1/ccc(C)c/c1=C\C. The van der Waals surface area contributed by atoms with Crippen molar-refractivity contribution in [3.05, 3.63) is 34.2 Å². The Bertz CT molecular complexity index is 345.